The molecular formula is C18H29ClN2. The molecule has 1 saturated heterocycles. The Morgan fingerprint density at radius 2 is 2.00 bits per heavy atom. The molecule has 1 aliphatic rings. The molecule has 1 heterocycles. The fourth-order valence-corrected chi connectivity index (χ4v) is 3.21. The first kappa shape index (κ1) is 16.6. The lowest BCUT2D eigenvalue weighted by molar-refractivity contribution is 0.424. The molecule has 1 fully saturated rings. The normalized spacial score (nSPS) is 20.4. The number of hydrogen-bond donors (Lipinski definition) is 1. The quantitative estimate of drug-likeness (QED) is 0.845. The van der Waals surface area contributed by atoms with E-state index in [1.807, 2.05) is 6.07 Å². The van der Waals surface area contributed by atoms with Crippen LogP contribution in [0.1, 0.15) is 58.9 Å². The van der Waals surface area contributed by atoms with Crippen LogP contribution in [0.2, 0.25) is 5.02 Å². The summed E-state index contributed by atoms with van der Waals surface area (Å²) in [6, 6.07) is 6.91. The van der Waals surface area contributed by atoms with Crippen molar-refractivity contribution in [3.8, 4) is 0 Å². The summed E-state index contributed by atoms with van der Waals surface area (Å²) < 4.78 is 0. The Hall–Kier alpha value is -0.730. The Bertz CT molecular complexity index is 465. The van der Waals surface area contributed by atoms with E-state index in [4.69, 9.17) is 11.6 Å². The minimum absolute atomic E-state index is 0.0981. The lowest BCUT2D eigenvalue weighted by Crippen LogP contribution is -2.37. The van der Waals surface area contributed by atoms with Crippen molar-refractivity contribution < 1.29 is 0 Å². The maximum Gasteiger partial charge on any atom is 0.0471 e. The highest BCUT2D eigenvalue weighted by atomic mass is 35.5. The molecule has 0 amide bonds. The van der Waals surface area contributed by atoms with Gasteiger partial charge >= 0.3 is 0 Å². The fourth-order valence-electron chi connectivity index (χ4n) is 2.98. The second-order valence-electron chi connectivity index (χ2n) is 7.23. The van der Waals surface area contributed by atoms with Gasteiger partial charge in [0, 0.05) is 40.9 Å². The van der Waals surface area contributed by atoms with Crippen LogP contribution in [-0.2, 0) is 6.54 Å². The van der Waals surface area contributed by atoms with E-state index in [2.05, 4.69) is 50.0 Å². The van der Waals surface area contributed by atoms with E-state index in [9.17, 15) is 0 Å². The molecule has 0 saturated carbocycles. The van der Waals surface area contributed by atoms with E-state index < -0.39 is 0 Å². The number of nitrogens with one attached hydrogen (secondary N) is 1. The zero-order valence-corrected chi connectivity index (χ0v) is 14.6. The van der Waals surface area contributed by atoms with Gasteiger partial charge in [0.15, 0.2) is 0 Å². The molecule has 0 radical (unpaired) electrons. The molecule has 3 heteroatoms. The van der Waals surface area contributed by atoms with E-state index in [1.165, 1.54) is 36.9 Å². The van der Waals surface area contributed by atoms with E-state index in [0.29, 0.717) is 6.04 Å². The molecule has 0 bridgehead atoms. The summed E-state index contributed by atoms with van der Waals surface area (Å²) in [5, 5.41) is 4.45. The Morgan fingerprint density at radius 1 is 1.24 bits per heavy atom. The Kier molecular flexibility index (Phi) is 5.56. The molecule has 1 aromatic rings. The van der Waals surface area contributed by atoms with Crippen LogP contribution in [0.3, 0.4) is 0 Å². The van der Waals surface area contributed by atoms with E-state index in [0.717, 1.165) is 18.1 Å². The Morgan fingerprint density at radius 3 is 2.71 bits per heavy atom. The summed E-state index contributed by atoms with van der Waals surface area (Å²) in [7, 11) is 0. The third kappa shape index (κ3) is 4.62. The molecule has 0 spiro atoms. The van der Waals surface area contributed by atoms with Gasteiger partial charge in [0.1, 0.15) is 0 Å². The van der Waals surface area contributed by atoms with Crippen LogP contribution >= 0.6 is 11.6 Å². The molecule has 0 aliphatic carbocycles. The first-order valence-electron chi connectivity index (χ1n) is 8.17. The minimum Gasteiger partial charge on any atom is -0.369 e. The Balaban J connectivity index is 2.27. The van der Waals surface area contributed by atoms with Crippen molar-refractivity contribution in [2.75, 3.05) is 11.4 Å². The van der Waals surface area contributed by atoms with E-state index >= 15 is 0 Å². The van der Waals surface area contributed by atoms with E-state index in [-0.39, 0.29) is 5.54 Å². The van der Waals surface area contributed by atoms with Gasteiger partial charge in [0.25, 0.3) is 0 Å². The summed E-state index contributed by atoms with van der Waals surface area (Å²) in [6.07, 6.45) is 5.24. The molecule has 1 N–H and O–H groups in total. The molecule has 1 unspecified atom stereocenters. The lowest BCUT2D eigenvalue weighted by Gasteiger charge is -2.32. The average Bonchev–Trinajstić information content (AvgIpc) is 2.60. The standard InChI is InChI=1S/C18H29ClN2/c1-14-9-6-5-7-12-21(14)17-11-8-10-16(19)15(17)13-20-18(2,3)4/h8,10-11,14,20H,5-7,9,12-13H2,1-4H3. The minimum atomic E-state index is 0.0981. The number of rotatable bonds is 3. The predicted molar refractivity (Wildman–Crippen MR) is 93.3 cm³/mol. The van der Waals surface area contributed by atoms with Crippen molar-refractivity contribution in [3.05, 3.63) is 28.8 Å². The van der Waals surface area contributed by atoms with Crippen LogP contribution in [0.25, 0.3) is 0 Å². The van der Waals surface area contributed by atoms with Gasteiger partial charge < -0.3 is 10.2 Å². The summed E-state index contributed by atoms with van der Waals surface area (Å²) in [4.78, 5) is 2.55. The van der Waals surface area contributed by atoms with Gasteiger partial charge in [0.05, 0.1) is 0 Å². The summed E-state index contributed by atoms with van der Waals surface area (Å²) in [5.41, 5.74) is 2.65. The van der Waals surface area contributed by atoms with Crippen LogP contribution in [0.4, 0.5) is 5.69 Å². The SMILES string of the molecule is CC1CCCCCN1c1cccc(Cl)c1CNC(C)(C)C. The highest BCUT2D eigenvalue weighted by molar-refractivity contribution is 6.31. The molecule has 1 atom stereocenters. The average molecular weight is 309 g/mol. The zero-order valence-electron chi connectivity index (χ0n) is 13.9. The monoisotopic (exact) mass is 308 g/mol. The van der Waals surface area contributed by atoms with Gasteiger partial charge in [0.2, 0.25) is 0 Å². The molecule has 1 aliphatic heterocycles. The molecular weight excluding hydrogens is 280 g/mol. The number of anilines is 1. The van der Waals surface area contributed by atoms with Crippen molar-refractivity contribution in [1.82, 2.24) is 5.32 Å². The summed E-state index contributed by atoms with van der Waals surface area (Å²) in [6.45, 7) is 10.9. The lowest BCUT2D eigenvalue weighted by atomic mass is 10.1. The Labute approximate surface area is 134 Å². The zero-order chi connectivity index (χ0) is 15.5. The van der Waals surface area contributed by atoms with Gasteiger partial charge in [-0.25, -0.2) is 0 Å². The second kappa shape index (κ2) is 7.02. The largest absolute Gasteiger partial charge is 0.369 e. The molecule has 2 rings (SSSR count). The number of nitrogens with zero attached hydrogens (tertiary/aromatic N) is 1. The summed E-state index contributed by atoms with van der Waals surface area (Å²) in [5.74, 6) is 0. The van der Waals surface area contributed by atoms with Gasteiger partial charge in [-0.15, -0.1) is 0 Å². The van der Waals surface area contributed by atoms with Crippen LogP contribution in [0.15, 0.2) is 18.2 Å². The van der Waals surface area contributed by atoms with Crippen molar-refractivity contribution in [1.29, 1.82) is 0 Å². The first-order valence-corrected chi connectivity index (χ1v) is 8.55. The van der Waals surface area contributed by atoms with Crippen LogP contribution in [0.5, 0.6) is 0 Å². The smallest absolute Gasteiger partial charge is 0.0471 e. The molecule has 0 aromatic heterocycles. The van der Waals surface area contributed by atoms with Crippen molar-refractivity contribution in [3.63, 3.8) is 0 Å². The highest BCUT2D eigenvalue weighted by Gasteiger charge is 2.21. The van der Waals surface area contributed by atoms with Crippen LogP contribution < -0.4 is 10.2 Å². The molecule has 118 valence electrons. The van der Waals surface area contributed by atoms with Crippen molar-refractivity contribution in [2.45, 2.75) is 71.5 Å². The second-order valence-corrected chi connectivity index (χ2v) is 7.64. The van der Waals surface area contributed by atoms with Crippen molar-refractivity contribution in [2.24, 2.45) is 0 Å². The topological polar surface area (TPSA) is 15.3 Å². The van der Waals surface area contributed by atoms with E-state index in [1.54, 1.807) is 0 Å². The van der Waals surface area contributed by atoms with Crippen LogP contribution in [0, 0.1) is 0 Å². The third-order valence-electron chi connectivity index (χ3n) is 4.25. The van der Waals surface area contributed by atoms with Crippen molar-refractivity contribution >= 4 is 17.3 Å². The number of halogens is 1. The number of hydrogen-bond acceptors (Lipinski definition) is 2. The van der Waals surface area contributed by atoms with Gasteiger partial charge in [-0.05, 0) is 52.7 Å². The summed E-state index contributed by atoms with van der Waals surface area (Å²) >= 11 is 6.50. The molecule has 21 heavy (non-hydrogen) atoms. The molecule has 2 nitrogen and oxygen atoms in total. The van der Waals surface area contributed by atoms with Gasteiger partial charge in [-0.2, -0.15) is 0 Å². The predicted octanol–water partition coefficient (Wildman–Crippen LogP) is 5.00. The first-order chi connectivity index (χ1) is 9.88. The maximum absolute atomic E-state index is 6.50. The number of benzene rings is 1. The molecule has 1 aromatic carbocycles. The van der Waals surface area contributed by atoms with Crippen LogP contribution in [-0.4, -0.2) is 18.1 Å². The maximum atomic E-state index is 6.50. The third-order valence-corrected chi connectivity index (χ3v) is 4.61. The van der Waals surface area contributed by atoms with Gasteiger partial charge in [-0.3, -0.25) is 0 Å². The highest BCUT2D eigenvalue weighted by Crippen LogP contribution is 2.32. The fraction of sp³-hybridized carbons (Fsp3) is 0.667. The van der Waals surface area contributed by atoms with Gasteiger partial charge in [-0.1, -0.05) is 30.5 Å².